The Morgan fingerprint density at radius 2 is 2.28 bits per heavy atom. The molecule has 0 atom stereocenters. The van der Waals surface area contributed by atoms with Crippen LogP contribution in [0.15, 0.2) is 6.07 Å². The first-order valence-corrected chi connectivity index (χ1v) is 5.83. The average molecular weight is 270 g/mol. The lowest BCUT2D eigenvalue weighted by molar-refractivity contribution is -0.136. The van der Waals surface area contributed by atoms with E-state index in [4.69, 9.17) is 21.4 Å². The molecule has 0 saturated heterocycles. The van der Waals surface area contributed by atoms with E-state index in [0.717, 1.165) is 5.56 Å². The summed E-state index contributed by atoms with van der Waals surface area (Å²) in [7, 11) is 0. The highest BCUT2D eigenvalue weighted by Gasteiger charge is 2.24. The molecule has 0 spiro atoms. The van der Waals surface area contributed by atoms with Crippen LogP contribution in [0.3, 0.4) is 0 Å². The van der Waals surface area contributed by atoms with Crippen molar-refractivity contribution in [2.75, 3.05) is 11.9 Å². The number of fused-ring (bicyclic) bond motifs is 1. The predicted octanol–water partition coefficient (Wildman–Crippen LogP) is 1.86. The van der Waals surface area contributed by atoms with Crippen molar-refractivity contribution in [3.63, 3.8) is 0 Å². The van der Waals surface area contributed by atoms with Gasteiger partial charge in [-0.15, -0.1) is 0 Å². The molecule has 0 fully saturated rings. The molecular formula is C12H12ClNO4. The highest BCUT2D eigenvalue weighted by Crippen LogP contribution is 2.40. The number of rotatable bonds is 3. The Hall–Kier alpha value is -1.75. The number of nitrogens with one attached hydrogen (secondary N) is 1. The number of anilines is 1. The summed E-state index contributed by atoms with van der Waals surface area (Å²) in [6.45, 7) is 1.86. The van der Waals surface area contributed by atoms with Crippen LogP contribution >= 0.6 is 11.6 Å². The van der Waals surface area contributed by atoms with Gasteiger partial charge >= 0.3 is 5.97 Å². The largest absolute Gasteiger partial charge is 0.493 e. The number of aliphatic carboxylic acids is 1. The van der Waals surface area contributed by atoms with Crippen molar-refractivity contribution in [3.05, 3.63) is 22.2 Å². The van der Waals surface area contributed by atoms with Gasteiger partial charge in [-0.1, -0.05) is 11.6 Å². The van der Waals surface area contributed by atoms with Crippen LogP contribution in [0, 0.1) is 0 Å². The zero-order valence-electron chi connectivity index (χ0n) is 9.75. The summed E-state index contributed by atoms with van der Waals surface area (Å²) in [5.74, 6) is -0.640. The fraction of sp³-hybridized carbons (Fsp3) is 0.333. The van der Waals surface area contributed by atoms with Crippen LogP contribution in [0.1, 0.15) is 18.1 Å². The Kier molecular flexibility index (Phi) is 3.43. The van der Waals surface area contributed by atoms with Crippen molar-refractivity contribution in [2.24, 2.45) is 0 Å². The summed E-state index contributed by atoms with van der Waals surface area (Å²) in [5.41, 5.74) is 1.83. The first kappa shape index (κ1) is 12.7. The summed E-state index contributed by atoms with van der Waals surface area (Å²) in [4.78, 5) is 21.9. The Balaban J connectivity index is 2.49. The molecule has 0 saturated carbocycles. The van der Waals surface area contributed by atoms with E-state index in [-0.39, 0.29) is 12.3 Å². The Morgan fingerprint density at radius 3 is 2.89 bits per heavy atom. The zero-order chi connectivity index (χ0) is 13.3. The lowest BCUT2D eigenvalue weighted by Gasteiger charge is -2.13. The molecule has 1 aliphatic heterocycles. The quantitative estimate of drug-likeness (QED) is 0.878. The molecule has 0 radical (unpaired) electrons. The zero-order valence-corrected chi connectivity index (χ0v) is 10.5. The predicted molar refractivity (Wildman–Crippen MR) is 66.3 cm³/mol. The van der Waals surface area contributed by atoms with E-state index in [0.29, 0.717) is 35.1 Å². The second-order valence-electron chi connectivity index (χ2n) is 4.05. The second-order valence-corrected chi connectivity index (χ2v) is 4.46. The van der Waals surface area contributed by atoms with Gasteiger partial charge in [0.15, 0.2) is 0 Å². The molecule has 6 heteroatoms. The maximum atomic E-state index is 11.1. The number of hydrogen-bond donors (Lipinski definition) is 2. The van der Waals surface area contributed by atoms with E-state index >= 15 is 0 Å². The van der Waals surface area contributed by atoms with Crippen LogP contribution in [-0.4, -0.2) is 23.6 Å². The molecule has 1 heterocycles. The maximum Gasteiger partial charge on any atom is 0.307 e. The highest BCUT2D eigenvalue weighted by molar-refractivity contribution is 6.34. The summed E-state index contributed by atoms with van der Waals surface area (Å²) in [6.07, 6.45) is 0.459. The van der Waals surface area contributed by atoms with Crippen molar-refractivity contribution < 1.29 is 19.4 Å². The van der Waals surface area contributed by atoms with Crippen LogP contribution in [-0.2, 0) is 22.4 Å². The van der Waals surface area contributed by atoms with E-state index in [1.807, 2.05) is 0 Å². The summed E-state index contributed by atoms with van der Waals surface area (Å²) < 4.78 is 5.43. The first-order chi connectivity index (χ1) is 8.49. The number of carboxylic acids is 1. The molecular weight excluding hydrogens is 258 g/mol. The fourth-order valence-electron chi connectivity index (χ4n) is 2.02. The number of carbonyl (C=O) groups excluding carboxylic acids is 1. The monoisotopic (exact) mass is 269 g/mol. The van der Waals surface area contributed by atoms with Crippen molar-refractivity contribution in [1.29, 1.82) is 0 Å². The van der Waals surface area contributed by atoms with E-state index in [9.17, 15) is 9.59 Å². The third-order valence-corrected chi connectivity index (χ3v) is 2.95. The van der Waals surface area contributed by atoms with Gasteiger partial charge in [-0.25, -0.2) is 0 Å². The van der Waals surface area contributed by atoms with Crippen molar-refractivity contribution in [1.82, 2.24) is 0 Å². The number of halogens is 1. The highest BCUT2D eigenvalue weighted by atomic mass is 35.5. The summed E-state index contributed by atoms with van der Waals surface area (Å²) in [5, 5.41) is 11.8. The van der Waals surface area contributed by atoms with Crippen LogP contribution < -0.4 is 10.1 Å². The van der Waals surface area contributed by atoms with Gasteiger partial charge in [-0.3, -0.25) is 9.59 Å². The van der Waals surface area contributed by atoms with Gasteiger partial charge in [0, 0.05) is 24.5 Å². The molecule has 5 nitrogen and oxygen atoms in total. The first-order valence-electron chi connectivity index (χ1n) is 5.45. The Morgan fingerprint density at radius 1 is 1.56 bits per heavy atom. The fourth-order valence-corrected chi connectivity index (χ4v) is 2.31. The lowest BCUT2D eigenvalue weighted by Crippen LogP contribution is -2.09. The smallest absolute Gasteiger partial charge is 0.307 e. The summed E-state index contributed by atoms with van der Waals surface area (Å²) >= 11 is 6.08. The summed E-state index contributed by atoms with van der Waals surface area (Å²) in [6, 6.07) is 1.53. The minimum atomic E-state index is -0.948. The third kappa shape index (κ3) is 2.41. The van der Waals surface area contributed by atoms with Crippen molar-refractivity contribution in [2.45, 2.75) is 19.8 Å². The Labute approximate surface area is 109 Å². The van der Waals surface area contributed by atoms with Gasteiger partial charge in [0.05, 0.1) is 23.7 Å². The number of carbonyl (C=O) groups is 2. The van der Waals surface area contributed by atoms with Crippen LogP contribution in [0.4, 0.5) is 5.69 Å². The van der Waals surface area contributed by atoms with Gasteiger partial charge in [-0.2, -0.15) is 0 Å². The molecule has 96 valence electrons. The topological polar surface area (TPSA) is 75.6 Å². The molecule has 2 rings (SSSR count). The average Bonchev–Trinajstić information content (AvgIpc) is 2.71. The second kappa shape index (κ2) is 4.86. The van der Waals surface area contributed by atoms with E-state index < -0.39 is 5.97 Å². The number of benzene rings is 1. The van der Waals surface area contributed by atoms with Crippen LogP contribution in [0.25, 0.3) is 0 Å². The van der Waals surface area contributed by atoms with Gasteiger partial charge in [0.25, 0.3) is 0 Å². The molecule has 18 heavy (non-hydrogen) atoms. The van der Waals surface area contributed by atoms with Crippen molar-refractivity contribution in [3.8, 4) is 5.75 Å². The van der Waals surface area contributed by atoms with E-state index in [1.54, 1.807) is 0 Å². The molecule has 1 amide bonds. The molecule has 2 N–H and O–H groups in total. The molecule has 1 aliphatic rings. The van der Waals surface area contributed by atoms with Crippen molar-refractivity contribution >= 4 is 29.2 Å². The normalized spacial score (nSPS) is 12.8. The standard InChI is InChI=1S/C12H12ClNO4/c1-6(15)14-11-8-2-3-18-12(8)7(4-9(11)13)5-10(16)17/h4H,2-3,5H2,1H3,(H,14,15)(H,16,17). The molecule has 0 aliphatic carbocycles. The minimum Gasteiger partial charge on any atom is -0.493 e. The van der Waals surface area contributed by atoms with E-state index in [1.165, 1.54) is 13.0 Å². The molecule has 0 unspecified atom stereocenters. The molecule has 1 aromatic rings. The van der Waals surface area contributed by atoms with Crippen LogP contribution in [0.5, 0.6) is 5.75 Å². The molecule has 1 aromatic carbocycles. The number of ether oxygens (including phenoxy) is 1. The lowest BCUT2D eigenvalue weighted by atomic mass is 10.0. The van der Waals surface area contributed by atoms with E-state index in [2.05, 4.69) is 5.32 Å². The van der Waals surface area contributed by atoms with Gasteiger partial charge < -0.3 is 15.2 Å². The minimum absolute atomic E-state index is 0.150. The number of carboxylic acid groups (broad SMARTS) is 1. The molecule has 0 aromatic heterocycles. The number of amides is 1. The maximum absolute atomic E-state index is 11.1. The van der Waals surface area contributed by atoms with Gasteiger partial charge in [0.2, 0.25) is 5.91 Å². The SMILES string of the molecule is CC(=O)Nc1c(Cl)cc(CC(=O)O)c2c1CCO2. The Bertz CT molecular complexity index is 527. The third-order valence-electron chi connectivity index (χ3n) is 2.65. The van der Waals surface area contributed by atoms with Gasteiger partial charge in [0.1, 0.15) is 5.75 Å². The van der Waals surface area contributed by atoms with Crippen LogP contribution in [0.2, 0.25) is 5.02 Å². The molecule has 0 bridgehead atoms. The van der Waals surface area contributed by atoms with Gasteiger partial charge in [-0.05, 0) is 6.07 Å². The number of hydrogen-bond acceptors (Lipinski definition) is 3.